The Balaban J connectivity index is 1.50. The molecule has 2 aliphatic heterocycles. The Morgan fingerprint density at radius 2 is 1.83 bits per heavy atom. The number of ether oxygens (including phenoxy) is 3. The Morgan fingerprint density at radius 1 is 1.09 bits per heavy atom. The fourth-order valence-corrected chi connectivity index (χ4v) is 4.48. The maximum atomic E-state index is 13.2. The number of benzene rings is 1. The molecule has 0 N–H and O–H groups in total. The predicted octanol–water partition coefficient (Wildman–Crippen LogP) is 1.78. The lowest BCUT2D eigenvalue weighted by molar-refractivity contribution is -0.167. The van der Waals surface area contributed by atoms with Crippen molar-refractivity contribution in [1.82, 2.24) is 24.6 Å². The van der Waals surface area contributed by atoms with E-state index in [1.807, 2.05) is 19.9 Å². The van der Waals surface area contributed by atoms with E-state index >= 15 is 0 Å². The number of hydrogen-bond donors (Lipinski definition) is 0. The van der Waals surface area contributed by atoms with Gasteiger partial charge in [0.25, 0.3) is 0 Å². The van der Waals surface area contributed by atoms with Gasteiger partial charge in [-0.3, -0.25) is 9.59 Å². The number of nitrogens with zero attached hydrogens (tertiary/aromatic N) is 5. The van der Waals surface area contributed by atoms with Gasteiger partial charge in [-0.05, 0) is 44.5 Å². The molecule has 0 saturated carbocycles. The summed E-state index contributed by atoms with van der Waals surface area (Å²) in [7, 11) is 0. The average molecular weight is 506 g/mol. The molecular formula is C24H32ClN5O5. The summed E-state index contributed by atoms with van der Waals surface area (Å²) in [5, 5.41) is 4.95. The average Bonchev–Trinajstić information content (AvgIpc) is 3.16. The summed E-state index contributed by atoms with van der Waals surface area (Å²) in [6.45, 7) is 8.80. The molecule has 190 valence electrons. The summed E-state index contributed by atoms with van der Waals surface area (Å²) in [5.74, 6) is 1.78. The molecule has 0 aliphatic carbocycles. The van der Waals surface area contributed by atoms with Gasteiger partial charge >= 0.3 is 0 Å². The van der Waals surface area contributed by atoms with Crippen molar-refractivity contribution in [3.63, 3.8) is 0 Å². The fraction of sp³-hybridized carbons (Fsp3) is 0.583. The van der Waals surface area contributed by atoms with Crippen LogP contribution < -0.4 is 4.74 Å². The molecule has 10 nitrogen and oxygen atoms in total. The van der Waals surface area contributed by atoms with Gasteiger partial charge in [0.2, 0.25) is 11.8 Å². The summed E-state index contributed by atoms with van der Waals surface area (Å²) in [5.41, 5.74) is -0.0908. The number of hydrogen-bond acceptors (Lipinski definition) is 7. The predicted molar refractivity (Wildman–Crippen MR) is 128 cm³/mol. The van der Waals surface area contributed by atoms with Crippen molar-refractivity contribution in [2.24, 2.45) is 0 Å². The van der Waals surface area contributed by atoms with Gasteiger partial charge in [0, 0.05) is 24.7 Å². The number of aromatic nitrogens is 3. The molecule has 0 bridgehead atoms. The highest BCUT2D eigenvalue weighted by Gasteiger charge is 2.42. The Morgan fingerprint density at radius 3 is 2.51 bits per heavy atom. The molecule has 2 saturated heterocycles. The van der Waals surface area contributed by atoms with Gasteiger partial charge in [-0.2, -0.15) is 5.10 Å². The Hall–Kier alpha value is -2.69. The van der Waals surface area contributed by atoms with Crippen molar-refractivity contribution in [2.45, 2.75) is 39.3 Å². The summed E-state index contributed by atoms with van der Waals surface area (Å²) < 4.78 is 19.3. The SMILES string of the molecule is Cc1nc(C)n(CC(=O)N2CCO[C@@](COc3ccc(Cl)c(C)c3)(CC(=O)N3CCOCC3)C2)n1. The van der Waals surface area contributed by atoms with Crippen molar-refractivity contribution >= 4 is 23.4 Å². The summed E-state index contributed by atoms with van der Waals surface area (Å²) >= 11 is 6.15. The fourth-order valence-electron chi connectivity index (χ4n) is 4.36. The molecule has 1 atom stereocenters. The van der Waals surface area contributed by atoms with Crippen LogP contribution in [0.25, 0.3) is 0 Å². The smallest absolute Gasteiger partial charge is 0.244 e. The molecule has 1 aromatic carbocycles. The number of rotatable bonds is 7. The second kappa shape index (κ2) is 10.9. The lowest BCUT2D eigenvalue weighted by Gasteiger charge is -2.43. The molecule has 2 amide bonds. The number of halogens is 1. The van der Waals surface area contributed by atoms with Crippen LogP contribution in [-0.4, -0.2) is 94.6 Å². The van der Waals surface area contributed by atoms with E-state index in [4.69, 9.17) is 25.8 Å². The number of morpholine rings is 2. The molecule has 11 heteroatoms. The standard InChI is InChI=1S/C24H32ClN5O5/c1-17-12-20(4-5-21(17)25)34-16-24(13-22(31)28-6-9-33-10-7-28)15-29(8-11-35-24)23(32)14-30-19(3)26-18(2)27-30/h4-5,12H,6-11,13-16H2,1-3H3/t24-/m0/s1. The minimum atomic E-state index is -0.982. The van der Waals surface area contributed by atoms with Gasteiger partial charge in [-0.1, -0.05) is 11.6 Å². The number of aryl methyl sites for hydroxylation is 3. The molecule has 0 radical (unpaired) electrons. The molecule has 2 fully saturated rings. The van der Waals surface area contributed by atoms with Crippen molar-refractivity contribution in [1.29, 1.82) is 0 Å². The van der Waals surface area contributed by atoms with Gasteiger partial charge < -0.3 is 24.0 Å². The van der Waals surface area contributed by atoms with E-state index < -0.39 is 5.60 Å². The van der Waals surface area contributed by atoms with Crippen molar-refractivity contribution in [2.75, 3.05) is 52.6 Å². The minimum Gasteiger partial charge on any atom is -0.490 e. The second-order valence-electron chi connectivity index (χ2n) is 9.08. The van der Waals surface area contributed by atoms with Gasteiger partial charge in [-0.15, -0.1) is 0 Å². The van der Waals surface area contributed by atoms with Crippen LogP contribution in [0.2, 0.25) is 5.02 Å². The van der Waals surface area contributed by atoms with E-state index in [2.05, 4.69) is 10.1 Å². The highest BCUT2D eigenvalue weighted by molar-refractivity contribution is 6.31. The zero-order valence-electron chi connectivity index (χ0n) is 20.5. The molecule has 2 aliphatic rings. The van der Waals surface area contributed by atoms with Crippen LogP contribution in [0, 0.1) is 20.8 Å². The third-order valence-corrected chi connectivity index (χ3v) is 6.74. The maximum absolute atomic E-state index is 13.2. The van der Waals surface area contributed by atoms with E-state index in [9.17, 15) is 9.59 Å². The summed E-state index contributed by atoms with van der Waals surface area (Å²) in [6.07, 6.45) is 0.102. The molecule has 35 heavy (non-hydrogen) atoms. The van der Waals surface area contributed by atoms with E-state index in [-0.39, 0.29) is 37.9 Å². The molecular weight excluding hydrogens is 474 g/mol. The van der Waals surface area contributed by atoms with E-state index in [1.165, 1.54) is 0 Å². The van der Waals surface area contributed by atoms with E-state index in [0.717, 1.165) is 5.56 Å². The number of amides is 2. The van der Waals surface area contributed by atoms with Crippen molar-refractivity contribution < 1.29 is 23.8 Å². The quantitative estimate of drug-likeness (QED) is 0.565. The van der Waals surface area contributed by atoms with E-state index in [1.54, 1.807) is 33.5 Å². The van der Waals surface area contributed by atoms with Crippen LogP contribution in [0.15, 0.2) is 18.2 Å². The lowest BCUT2D eigenvalue weighted by atomic mass is 9.96. The van der Waals surface area contributed by atoms with E-state index in [0.29, 0.717) is 61.9 Å². The molecule has 0 unspecified atom stereocenters. The molecule has 4 rings (SSSR count). The molecule has 3 heterocycles. The highest BCUT2D eigenvalue weighted by Crippen LogP contribution is 2.27. The first kappa shape index (κ1) is 25.4. The monoisotopic (exact) mass is 505 g/mol. The summed E-state index contributed by atoms with van der Waals surface area (Å²) in [6, 6.07) is 5.41. The van der Waals surface area contributed by atoms with Crippen LogP contribution in [0.3, 0.4) is 0 Å². The largest absolute Gasteiger partial charge is 0.490 e. The Kier molecular flexibility index (Phi) is 7.93. The van der Waals surface area contributed by atoms with Gasteiger partial charge in [-0.25, -0.2) is 9.67 Å². The van der Waals surface area contributed by atoms with Gasteiger partial charge in [0.05, 0.1) is 32.8 Å². The third-order valence-electron chi connectivity index (χ3n) is 6.32. The van der Waals surface area contributed by atoms with Crippen molar-refractivity contribution in [3.8, 4) is 5.75 Å². The second-order valence-corrected chi connectivity index (χ2v) is 9.49. The number of carbonyl (C=O) groups excluding carboxylic acids is 2. The van der Waals surface area contributed by atoms with Crippen LogP contribution in [0.4, 0.5) is 0 Å². The first-order chi connectivity index (χ1) is 16.7. The Labute approximate surface area is 210 Å². The zero-order valence-corrected chi connectivity index (χ0v) is 21.2. The molecule has 2 aromatic rings. The van der Waals surface area contributed by atoms with Gasteiger partial charge in [0.1, 0.15) is 36.2 Å². The van der Waals surface area contributed by atoms with Crippen LogP contribution in [0.1, 0.15) is 23.6 Å². The normalized spacial score (nSPS) is 20.7. The highest BCUT2D eigenvalue weighted by atomic mass is 35.5. The zero-order chi connectivity index (χ0) is 25.0. The van der Waals surface area contributed by atoms with Gasteiger partial charge in [0.15, 0.2) is 0 Å². The summed E-state index contributed by atoms with van der Waals surface area (Å²) in [4.78, 5) is 34.1. The van der Waals surface area contributed by atoms with Crippen LogP contribution in [-0.2, 0) is 25.6 Å². The van der Waals surface area contributed by atoms with Crippen molar-refractivity contribution in [3.05, 3.63) is 40.4 Å². The number of carbonyl (C=O) groups is 2. The first-order valence-electron chi connectivity index (χ1n) is 11.8. The Bertz CT molecular complexity index is 1070. The van der Waals surface area contributed by atoms with Crippen LogP contribution >= 0.6 is 11.6 Å². The third kappa shape index (κ3) is 6.31. The first-order valence-corrected chi connectivity index (χ1v) is 12.2. The molecule has 1 aromatic heterocycles. The minimum absolute atomic E-state index is 0.0405. The lowest BCUT2D eigenvalue weighted by Crippen LogP contribution is -2.59. The van der Waals surface area contributed by atoms with Crippen LogP contribution in [0.5, 0.6) is 5.75 Å². The maximum Gasteiger partial charge on any atom is 0.244 e. The molecule has 0 spiro atoms. The topological polar surface area (TPSA) is 99.0 Å².